The summed E-state index contributed by atoms with van der Waals surface area (Å²) in [5.74, 6) is 0.423. The highest BCUT2D eigenvalue weighted by Crippen LogP contribution is 2.25. The van der Waals surface area contributed by atoms with Gasteiger partial charge in [0, 0.05) is 19.7 Å². The first kappa shape index (κ1) is 18.4. The summed E-state index contributed by atoms with van der Waals surface area (Å²) in [4.78, 5) is 14.6. The Hall–Kier alpha value is -0.650. The number of piperidine rings is 1. The number of carbonyl (C=O) groups is 1. The molecule has 0 radical (unpaired) electrons. The van der Waals surface area contributed by atoms with Crippen LogP contribution in [0.25, 0.3) is 0 Å². The van der Waals surface area contributed by atoms with Gasteiger partial charge in [0.05, 0.1) is 12.7 Å². The van der Waals surface area contributed by atoms with E-state index in [9.17, 15) is 4.79 Å². The largest absolute Gasteiger partial charge is 0.465 e. The van der Waals surface area contributed by atoms with Crippen molar-refractivity contribution >= 4 is 5.97 Å². The molecule has 5 nitrogen and oxygen atoms in total. The van der Waals surface area contributed by atoms with Crippen LogP contribution in [0.1, 0.15) is 40.5 Å². The molecule has 0 aliphatic carbocycles. The highest BCUT2D eigenvalue weighted by Gasteiger charge is 2.37. The molecule has 1 saturated heterocycles. The van der Waals surface area contributed by atoms with E-state index in [1.807, 2.05) is 20.9 Å². The minimum atomic E-state index is -0.638. The second-order valence-electron chi connectivity index (χ2n) is 6.39. The molecule has 0 spiro atoms. The van der Waals surface area contributed by atoms with Crippen molar-refractivity contribution in [3.05, 3.63) is 0 Å². The van der Waals surface area contributed by atoms with Gasteiger partial charge in [-0.15, -0.1) is 0 Å². The Morgan fingerprint density at radius 1 is 1.52 bits per heavy atom. The molecule has 0 aromatic heterocycles. The van der Waals surface area contributed by atoms with Gasteiger partial charge >= 0.3 is 5.97 Å². The Morgan fingerprint density at radius 2 is 2.19 bits per heavy atom. The first-order valence-electron chi connectivity index (χ1n) is 8.00. The molecule has 1 aliphatic heterocycles. The zero-order chi connectivity index (χ0) is 16.0. The van der Waals surface area contributed by atoms with Crippen LogP contribution < -0.4 is 5.32 Å². The second-order valence-corrected chi connectivity index (χ2v) is 6.39. The molecule has 0 bridgehead atoms. The molecule has 1 rings (SSSR count). The fraction of sp³-hybridized carbons (Fsp3) is 0.938. The minimum absolute atomic E-state index is 0.173. The fourth-order valence-corrected chi connectivity index (χ4v) is 3.06. The van der Waals surface area contributed by atoms with Crippen LogP contribution in [0.4, 0.5) is 0 Å². The molecular weight excluding hydrogens is 268 g/mol. The number of likely N-dealkylation sites (N-methyl/N-ethyl adjacent to an activating group) is 1. The summed E-state index contributed by atoms with van der Waals surface area (Å²) in [6.07, 6.45) is 2.15. The zero-order valence-corrected chi connectivity index (χ0v) is 14.4. The summed E-state index contributed by atoms with van der Waals surface area (Å²) >= 11 is 0. The van der Waals surface area contributed by atoms with Crippen LogP contribution in [0.5, 0.6) is 0 Å². The van der Waals surface area contributed by atoms with Gasteiger partial charge < -0.3 is 14.8 Å². The summed E-state index contributed by atoms with van der Waals surface area (Å²) < 4.78 is 10.8. The van der Waals surface area contributed by atoms with Gasteiger partial charge in [0.1, 0.15) is 5.54 Å². The predicted octanol–water partition coefficient (Wildman–Crippen LogP) is 1.66. The number of rotatable bonds is 7. The van der Waals surface area contributed by atoms with Crippen molar-refractivity contribution in [1.82, 2.24) is 10.2 Å². The molecule has 1 heterocycles. The summed E-state index contributed by atoms with van der Waals surface area (Å²) in [6.45, 7) is 10.6. The van der Waals surface area contributed by atoms with Crippen molar-refractivity contribution < 1.29 is 14.3 Å². The maximum absolute atomic E-state index is 12.2. The third-order valence-corrected chi connectivity index (χ3v) is 4.83. The zero-order valence-electron chi connectivity index (χ0n) is 14.4. The number of nitrogens with one attached hydrogen (secondary N) is 1. The quantitative estimate of drug-likeness (QED) is 0.725. The van der Waals surface area contributed by atoms with Gasteiger partial charge in [-0.3, -0.25) is 9.69 Å². The average Bonchev–Trinajstić information content (AvgIpc) is 2.47. The molecule has 21 heavy (non-hydrogen) atoms. The van der Waals surface area contributed by atoms with Crippen LogP contribution >= 0.6 is 0 Å². The van der Waals surface area contributed by atoms with Gasteiger partial charge in [-0.05, 0) is 53.1 Å². The van der Waals surface area contributed by atoms with Gasteiger partial charge in [0.15, 0.2) is 0 Å². The lowest BCUT2D eigenvalue weighted by Crippen LogP contribution is -2.55. The fourth-order valence-electron chi connectivity index (χ4n) is 3.06. The van der Waals surface area contributed by atoms with Gasteiger partial charge in [-0.25, -0.2) is 0 Å². The molecule has 1 aliphatic rings. The lowest BCUT2D eigenvalue weighted by atomic mass is 9.90. The molecule has 4 atom stereocenters. The van der Waals surface area contributed by atoms with E-state index >= 15 is 0 Å². The Morgan fingerprint density at radius 3 is 2.71 bits per heavy atom. The number of hydrogen-bond acceptors (Lipinski definition) is 5. The van der Waals surface area contributed by atoms with Crippen LogP contribution in [-0.4, -0.2) is 62.4 Å². The average molecular weight is 300 g/mol. The third kappa shape index (κ3) is 4.66. The van der Waals surface area contributed by atoms with Crippen LogP contribution in [-0.2, 0) is 14.3 Å². The lowest BCUT2D eigenvalue weighted by Gasteiger charge is -2.41. The van der Waals surface area contributed by atoms with Crippen molar-refractivity contribution in [3.8, 4) is 0 Å². The SMILES string of the molecule is CCOC(=O)C(C)(CC(C)N1CCC(C)C(OC)C1)NC. The van der Waals surface area contributed by atoms with Gasteiger partial charge in [-0.1, -0.05) is 6.92 Å². The first-order chi connectivity index (χ1) is 9.87. The third-order valence-electron chi connectivity index (χ3n) is 4.83. The van der Waals surface area contributed by atoms with Crippen molar-refractivity contribution in [2.24, 2.45) is 5.92 Å². The van der Waals surface area contributed by atoms with Gasteiger partial charge in [-0.2, -0.15) is 0 Å². The second kappa shape index (κ2) is 8.11. The molecule has 1 N–H and O–H groups in total. The number of esters is 1. The molecule has 1 fully saturated rings. The molecule has 0 aromatic carbocycles. The van der Waals surface area contributed by atoms with Crippen LogP contribution in [0.3, 0.4) is 0 Å². The monoisotopic (exact) mass is 300 g/mol. The van der Waals surface area contributed by atoms with E-state index in [1.54, 1.807) is 7.11 Å². The normalized spacial score (nSPS) is 27.9. The minimum Gasteiger partial charge on any atom is -0.465 e. The maximum Gasteiger partial charge on any atom is 0.326 e. The number of carbonyl (C=O) groups excluding carboxylic acids is 1. The summed E-state index contributed by atoms with van der Waals surface area (Å²) in [6, 6.07) is 0.303. The number of methoxy groups -OCH3 is 1. The molecule has 124 valence electrons. The van der Waals surface area contributed by atoms with Crippen molar-refractivity contribution in [3.63, 3.8) is 0 Å². The van der Waals surface area contributed by atoms with E-state index in [2.05, 4.69) is 24.1 Å². The molecular formula is C16H32N2O3. The molecule has 0 amide bonds. The van der Waals surface area contributed by atoms with Crippen molar-refractivity contribution in [1.29, 1.82) is 0 Å². The first-order valence-corrected chi connectivity index (χ1v) is 8.00. The topological polar surface area (TPSA) is 50.8 Å². The van der Waals surface area contributed by atoms with Crippen LogP contribution in [0, 0.1) is 5.92 Å². The number of likely N-dealkylation sites (tertiary alicyclic amines) is 1. The highest BCUT2D eigenvalue weighted by atomic mass is 16.5. The van der Waals surface area contributed by atoms with Crippen molar-refractivity contribution in [2.75, 3.05) is 33.9 Å². The predicted molar refractivity (Wildman–Crippen MR) is 84.3 cm³/mol. The molecule has 4 unspecified atom stereocenters. The van der Waals surface area contributed by atoms with E-state index < -0.39 is 5.54 Å². The smallest absolute Gasteiger partial charge is 0.326 e. The van der Waals surface area contributed by atoms with E-state index in [-0.39, 0.29) is 12.1 Å². The standard InChI is InChI=1S/C16H32N2O3/c1-7-21-15(19)16(4,17-5)10-13(3)18-9-8-12(2)14(11-18)20-6/h12-14,17H,7-11H2,1-6H3. The van der Waals surface area contributed by atoms with E-state index in [0.717, 1.165) is 25.9 Å². The Labute approximate surface area is 129 Å². The van der Waals surface area contributed by atoms with Gasteiger partial charge in [0.25, 0.3) is 0 Å². The lowest BCUT2D eigenvalue weighted by molar-refractivity contribution is -0.151. The summed E-state index contributed by atoms with van der Waals surface area (Å²) in [5, 5.41) is 3.13. The Kier molecular flexibility index (Phi) is 7.10. The Balaban J connectivity index is 2.65. The Bertz CT molecular complexity index is 337. The summed E-state index contributed by atoms with van der Waals surface area (Å²) in [5.41, 5.74) is -0.638. The summed E-state index contributed by atoms with van der Waals surface area (Å²) in [7, 11) is 3.60. The van der Waals surface area contributed by atoms with Crippen LogP contribution in [0.2, 0.25) is 0 Å². The van der Waals surface area contributed by atoms with E-state index in [4.69, 9.17) is 9.47 Å². The highest BCUT2D eigenvalue weighted by molar-refractivity contribution is 5.80. The van der Waals surface area contributed by atoms with Crippen LogP contribution in [0.15, 0.2) is 0 Å². The maximum atomic E-state index is 12.2. The van der Waals surface area contributed by atoms with Gasteiger partial charge in [0.2, 0.25) is 0 Å². The van der Waals surface area contributed by atoms with Crippen molar-refractivity contribution in [2.45, 2.75) is 58.2 Å². The molecule has 0 aromatic rings. The van der Waals surface area contributed by atoms with E-state index in [0.29, 0.717) is 18.6 Å². The molecule has 0 saturated carbocycles. The molecule has 5 heteroatoms. The number of hydrogen-bond donors (Lipinski definition) is 1. The van der Waals surface area contributed by atoms with E-state index in [1.165, 1.54) is 0 Å². The number of ether oxygens (including phenoxy) is 2. The number of nitrogens with zero attached hydrogens (tertiary/aromatic N) is 1.